The molecular weight excluding hydrogens is 424 g/mol. The summed E-state index contributed by atoms with van der Waals surface area (Å²) in [4.78, 5) is 0. The molecule has 1 aliphatic rings. The van der Waals surface area contributed by atoms with Gasteiger partial charge < -0.3 is 14.6 Å². The van der Waals surface area contributed by atoms with E-state index >= 15 is 0 Å². The Morgan fingerprint density at radius 2 is 1.42 bits per heavy atom. The lowest BCUT2D eigenvalue weighted by molar-refractivity contribution is -0.0442. The molecule has 0 heterocycles. The van der Waals surface area contributed by atoms with E-state index < -0.39 is 20.5 Å². The average molecular weight is 461 g/mol. The van der Waals surface area contributed by atoms with E-state index in [1.54, 1.807) is 0 Å². The Labute approximate surface area is 199 Å². The molecule has 3 aromatic rings. The van der Waals surface area contributed by atoms with Crippen molar-refractivity contribution >= 4 is 18.7 Å². The van der Waals surface area contributed by atoms with Crippen LogP contribution in [0.1, 0.15) is 45.6 Å². The van der Waals surface area contributed by atoms with Crippen molar-refractivity contribution in [3.63, 3.8) is 0 Å². The zero-order valence-corrected chi connectivity index (χ0v) is 20.9. The third kappa shape index (κ3) is 4.93. The van der Waals surface area contributed by atoms with Gasteiger partial charge in [0.1, 0.15) is 5.75 Å². The number of benzene rings is 3. The van der Waals surface area contributed by atoms with Crippen LogP contribution >= 0.6 is 0 Å². The number of rotatable bonds is 6. The van der Waals surface area contributed by atoms with E-state index in [0.717, 1.165) is 30.6 Å². The first-order valence-corrected chi connectivity index (χ1v) is 14.0. The lowest BCUT2D eigenvalue weighted by Crippen LogP contribution is -2.68. The topological polar surface area (TPSA) is 49.7 Å². The van der Waals surface area contributed by atoms with E-state index in [1.165, 1.54) is 10.4 Å². The third-order valence-corrected chi connectivity index (χ3v) is 12.0. The highest BCUT2D eigenvalue weighted by Gasteiger charge is 2.52. The van der Waals surface area contributed by atoms with E-state index in [9.17, 15) is 10.2 Å². The molecule has 3 aromatic carbocycles. The molecule has 2 N–H and O–H groups in total. The molecule has 0 aliphatic heterocycles. The molecule has 0 saturated heterocycles. The standard InChI is InChI=1S/C29H36O3Si/c1-29(2,3)33(25-15-6-4-7-16-25,26-17-8-5-9-18-26)32-24-14-10-12-22(21-24)20-23-13-11-19-27(30)28(23)31/h4-10,12,14-18,21,23,27-28,30-31H,11,13,19-20H2,1-3H3. The summed E-state index contributed by atoms with van der Waals surface area (Å²) in [5.74, 6) is 0.949. The Kier molecular flexibility index (Phi) is 7.08. The van der Waals surface area contributed by atoms with Crippen LogP contribution in [0.15, 0.2) is 84.9 Å². The van der Waals surface area contributed by atoms with Gasteiger partial charge in [-0.1, -0.05) is 100.0 Å². The van der Waals surface area contributed by atoms with E-state index in [-0.39, 0.29) is 11.0 Å². The van der Waals surface area contributed by atoms with Gasteiger partial charge in [-0.3, -0.25) is 0 Å². The Morgan fingerprint density at radius 1 is 0.818 bits per heavy atom. The normalized spacial score (nSPS) is 21.5. The largest absolute Gasteiger partial charge is 0.534 e. The highest BCUT2D eigenvalue weighted by Crippen LogP contribution is 2.38. The lowest BCUT2D eigenvalue weighted by Gasteiger charge is -2.43. The monoisotopic (exact) mass is 460 g/mol. The van der Waals surface area contributed by atoms with Crippen LogP contribution in [0.3, 0.4) is 0 Å². The van der Waals surface area contributed by atoms with Crippen molar-refractivity contribution in [1.82, 2.24) is 0 Å². The summed E-state index contributed by atoms with van der Waals surface area (Å²) in [6.45, 7) is 6.84. The summed E-state index contributed by atoms with van der Waals surface area (Å²) in [7, 11) is -2.68. The van der Waals surface area contributed by atoms with Crippen LogP contribution in [0.25, 0.3) is 0 Å². The summed E-state index contributed by atoms with van der Waals surface area (Å²) >= 11 is 0. The maximum atomic E-state index is 10.5. The maximum absolute atomic E-state index is 10.5. The highest BCUT2D eigenvalue weighted by molar-refractivity contribution is 7.00. The van der Waals surface area contributed by atoms with Crippen LogP contribution in [0.2, 0.25) is 5.04 Å². The Balaban J connectivity index is 1.73. The van der Waals surface area contributed by atoms with Crippen molar-refractivity contribution in [2.24, 2.45) is 5.92 Å². The Hall–Kier alpha value is -2.40. The van der Waals surface area contributed by atoms with Crippen molar-refractivity contribution in [3.05, 3.63) is 90.5 Å². The van der Waals surface area contributed by atoms with Crippen molar-refractivity contribution in [2.75, 3.05) is 0 Å². The molecule has 1 saturated carbocycles. The van der Waals surface area contributed by atoms with Crippen LogP contribution < -0.4 is 14.8 Å². The smallest absolute Gasteiger partial charge is 0.319 e. The highest BCUT2D eigenvalue weighted by atomic mass is 28.4. The quantitative estimate of drug-likeness (QED) is 0.525. The van der Waals surface area contributed by atoms with E-state index in [2.05, 4.69) is 99.6 Å². The van der Waals surface area contributed by atoms with Crippen LogP contribution in [0, 0.1) is 5.92 Å². The molecule has 0 aromatic heterocycles. The molecule has 174 valence electrons. The van der Waals surface area contributed by atoms with Gasteiger partial charge in [0, 0.05) is 0 Å². The van der Waals surface area contributed by atoms with Crippen LogP contribution in [-0.2, 0) is 6.42 Å². The Morgan fingerprint density at radius 3 is 2.00 bits per heavy atom. The first-order chi connectivity index (χ1) is 15.8. The molecule has 3 unspecified atom stereocenters. The molecule has 0 bridgehead atoms. The van der Waals surface area contributed by atoms with Crippen molar-refractivity contribution in [2.45, 2.75) is 63.7 Å². The minimum absolute atomic E-state index is 0.0804. The molecule has 4 rings (SSSR count). The predicted octanol–water partition coefficient (Wildman–Crippen LogP) is 4.69. The summed E-state index contributed by atoms with van der Waals surface area (Å²) in [6, 6.07) is 29.7. The summed E-state index contributed by atoms with van der Waals surface area (Å²) in [5, 5.41) is 23.0. The molecule has 1 fully saturated rings. The Bertz CT molecular complexity index is 990. The van der Waals surface area contributed by atoms with Crippen molar-refractivity contribution in [1.29, 1.82) is 0 Å². The molecule has 0 spiro atoms. The minimum atomic E-state index is -2.68. The van der Waals surface area contributed by atoms with Crippen molar-refractivity contribution < 1.29 is 14.6 Å². The summed E-state index contributed by atoms with van der Waals surface area (Å²) in [6.07, 6.45) is 2.07. The first kappa shape index (κ1) is 23.7. The fourth-order valence-corrected chi connectivity index (χ4v) is 9.74. The van der Waals surface area contributed by atoms with Gasteiger partial charge >= 0.3 is 8.32 Å². The average Bonchev–Trinajstić information content (AvgIpc) is 2.81. The van der Waals surface area contributed by atoms with Gasteiger partial charge in [0.15, 0.2) is 0 Å². The van der Waals surface area contributed by atoms with Gasteiger partial charge in [0.25, 0.3) is 0 Å². The second kappa shape index (κ2) is 9.84. The van der Waals surface area contributed by atoms with E-state index in [0.29, 0.717) is 6.42 Å². The summed E-state index contributed by atoms with van der Waals surface area (Å²) in [5.41, 5.74) is 1.14. The zero-order chi connectivity index (χ0) is 23.5. The second-order valence-electron chi connectivity index (χ2n) is 10.4. The molecule has 4 heteroatoms. The number of hydrogen-bond acceptors (Lipinski definition) is 3. The predicted molar refractivity (Wildman–Crippen MR) is 138 cm³/mol. The molecule has 0 amide bonds. The van der Waals surface area contributed by atoms with Crippen LogP contribution in [0.4, 0.5) is 0 Å². The van der Waals surface area contributed by atoms with E-state index in [4.69, 9.17) is 4.43 Å². The SMILES string of the molecule is CC(C)(C)[Si](Oc1cccc(CC2CCCC(O)C2O)c1)(c1ccccc1)c1ccccc1. The van der Waals surface area contributed by atoms with Gasteiger partial charge in [-0.05, 0) is 58.3 Å². The maximum Gasteiger partial charge on any atom is 0.319 e. The molecule has 3 atom stereocenters. The van der Waals surface area contributed by atoms with Crippen LogP contribution in [0.5, 0.6) is 5.75 Å². The zero-order valence-electron chi connectivity index (χ0n) is 19.9. The molecular formula is C29H36O3Si. The molecule has 3 nitrogen and oxygen atoms in total. The fraction of sp³-hybridized carbons (Fsp3) is 0.379. The number of aliphatic hydroxyl groups excluding tert-OH is 2. The number of aliphatic hydroxyl groups is 2. The van der Waals surface area contributed by atoms with Gasteiger partial charge in [-0.25, -0.2) is 0 Å². The van der Waals surface area contributed by atoms with Gasteiger partial charge in [-0.15, -0.1) is 0 Å². The fourth-order valence-electron chi connectivity index (χ4n) is 5.33. The molecule has 33 heavy (non-hydrogen) atoms. The third-order valence-electron chi connectivity index (χ3n) is 7.04. The summed E-state index contributed by atoms with van der Waals surface area (Å²) < 4.78 is 7.14. The molecule has 0 radical (unpaired) electrons. The molecule has 1 aliphatic carbocycles. The van der Waals surface area contributed by atoms with E-state index in [1.807, 2.05) is 6.07 Å². The lowest BCUT2D eigenvalue weighted by atomic mass is 9.81. The van der Waals surface area contributed by atoms with Crippen LogP contribution in [-0.4, -0.2) is 30.7 Å². The van der Waals surface area contributed by atoms with Gasteiger partial charge in [-0.2, -0.15) is 0 Å². The van der Waals surface area contributed by atoms with Crippen molar-refractivity contribution in [3.8, 4) is 5.75 Å². The first-order valence-electron chi connectivity index (χ1n) is 12.1. The van der Waals surface area contributed by atoms with Gasteiger partial charge in [0.2, 0.25) is 0 Å². The van der Waals surface area contributed by atoms with Gasteiger partial charge in [0.05, 0.1) is 12.2 Å². The second-order valence-corrected chi connectivity index (χ2v) is 14.6. The number of hydrogen-bond donors (Lipinski definition) is 2. The minimum Gasteiger partial charge on any atom is -0.534 e.